The second-order valence-electron chi connectivity index (χ2n) is 5.65. The van der Waals surface area contributed by atoms with E-state index in [1.165, 1.54) is 31.8 Å². The number of sulfonamides is 1. The summed E-state index contributed by atoms with van der Waals surface area (Å²) in [5.74, 6) is 0.246. The van der Waals surface area contributed by atoms with E-state index in [4.69, 9.17) is 4.74 Å². The SMILES string of the molecule is CCc1ccc(OCC(=O)Nc2cccc(S(=O)(=O)N(C)C)c2)cc1. The van der Waals surface area contributed by atoms with Crippen molar-refractivity contribution >= 4 is 21.6 Å². The molecule has 0 bridgehead atoms. The first-order valence-corrected chi connectivity index (χ1v) is 9.31. The first-order chi connectivity index (χ1) is 11.8. The molecule has 7 heteroatoms. The van der Waals surface area contributed by atoms with Gasteiger partial charge in [0.05, 0.1) is 4.90 Å². The van der Waals surface area contributed by atoms with Crippen LogP contribution < -0.4 is 10.1 Å². The summed E-state index contributed by atoms with van der Waals surface area (Å²) in [4.78, 5) is 12.1. The molecule has 2 rings (SSSR count). The maximum absolute atomic E-state index is 12.1. The van der Waals surface area contributed by atoms with E-state index >= 15 is 0 Å². The number of rotatable bonds is 7. The van der Waals surface area contributed by atoms with E-state index in [0.717, 1.165) is 10.7 Å². The second kappa shape index (κ2) is 8.13. The predicted molar refractivity (Wildman–Crippen MR) is 97.3 cm³/mol. The monoisotopic (exact) mass is 362 g/mol. The first kappa shape index (κ1) is 19.0. The zero-order valence-corrected chi connectivity index (χ0v) is 15.3. The molecule has 1 amide bonds. The highest BCUT2D eigenvalue weighted by Gasteiger charge is 2.17. The number of hydrogen-bond donors (Lipinski definition) is 1. The van der Waals surface area contributed by atoms with Gasteiger partial charge >= 0.3 is 0 Å². The van der Waals surface area contributed by atoms with Crippen LogP contribution in [0, 0.1) is 0 Å². The largest absolute Gasteiger partial charge is 0.484 e. The molecule has 0 spiro atoms. The van der Waals surface area contributed by atoms with Gasteiger partial charge in [-0.2, -0.15) is 0 Å². The van der Waals surface area contributed by atoms with Gasteiger partial charge in [0.1, 0.15) is 5.75 Å². The summed E-state index contributed by atoms with van der Waals surface area (Å²) in [7, 11) is -0.633. The zero-order valence-electron chi connectivity index (χ0n) is 14.5. The molecule has 2 aromatic rings. The maximum Gasteiger partial charge on any atom is 0.262 e. The number of hydrogen-bond acceptors (Lipinski definition) is 4. The van der Waals surface area contributed by atoms with Crippen molar-refractivity contribution in [2.75, 3.05) is 26.0 Å². The molecule has 0 atom stereocenters. The molecule has 0 aliphatic carbocycles. The lowest BCUT2D eigenvalue weighted by Crippen LogP contribution is -2.23. The average Bonchev–Trinajstić information content (AvgIpc) is 2.60. The van der Waals surface area contributed by atoms with Gasteiger partial charge in [0.2, 0.25) is 10.0 Å². The van der Waals surface area contributed by atoms with Gasteiger partial charge in [0.15, 0.2) is 6.61 Å². The molecule has 0 saturated carbocycles. The lowest BCUT2D eigenvalue weighted by atomic mass is 10.2. The fraction of sp³-hybridized carbons (Fsp3) is 0.278. The number of nitrogens with one attached hydrogen (secondary N) is 1. The van der Waals surface area contributed by atoms with Crippen LogP contribution in [-0.4, -0.2) is 39.3 Å². The number of aryl methyl sites for hydroxylation is 1. The van der Waals surface area contributed by atoms with Gasteiger partial charge in [0, 0.05) is 19.8 Å². The molecule has 134 valence electrons. The van der Waals surface area contributed by atoms with Crippen LogP contribution >= 0.6 is 0 Å². The Hall–Kier alpha value is -2.38. The van der Waals surface area contributed by atoms with Crippen LogP contribution in [0.15, 0.2) is 53.4 Å². The smallest absolute Gasteiger partial charge is 0.262 e. The van der Waals surface area contributed by atoms with Crippen LogP contribution in [0.5, 0.6) is 5.75 Å². The average molecular weight is 362 g/mol. The van der Waals surface area contributed by atoms with Gasteiger partial charge in [0.25, 0.3) is 5.91 Å². The highest BCUT2D eigenvalue weighted by Crippen LogP contribution is 2.18. The summed E-state index contributed by atoms with van der Waals surface area (Å²) in [5, 5.41) is 2.64. The fourth-order valence-electron chi connectivity index (χ4n) is 2.11. The Morgan fingerprint density at radius 2 is 1.80 bits per heavy atom. The minimum atomic E-state index is -3.55. The van der Waals surface area contributed by atoms with Gasteiger partial charge in [-0.1, -0.05) is 25.1 Å². The Balaban J connectivity index is 1.98. The molecule has 25 heavy (non-hydrogen) atoms. The van der Waals surface area contributed by atoms with Crippen LogP contribution in [0.1, 0.15) is 12.5 Å². The third kappa shape index (κ3) is 5.04. The minimum absolute atomic E-state index is 0.117. The Morgan fingerprint density at radius 3 is 2.40 bits per heavy atom. The molecular weight excluding hydrogens is 340 g/mol. The van der Waals surface area contributed by atoms with Crippen LogP contribution in [-0.2, 0) is 21.2 Å². The molecule has 1 N–H and O–H groups in total. The van der Waals surface area contributed by atoms with Gasteiger partial charge in [-0.05, 0) is 42.3 Å². The highest BCUT2D eigenvalue weighted by molar-refractivity contribution is 7.89. The van der Waals surface area contributed by atoms with Crippen LogP contribution in [0.2, 0.25) is 0 Å². The van der Waals surface area contributed by atoms with Crippen LogP contribution in [0.4, 0.5) is 5.69 Å². The number of amides is 1. The van der Waals surface area contributed by atoms with Gasteiger partial charge < -0.3 is 10.1 Å². The van der Waals surface area contributed by atoms with Crippen molar-refractivity contribution in [2.45, 2.75) is 18.2 Å². The molecule has 0 radical (unpaired) electrons. The summed E-state index contributed by atoms with van der Waals surface area (Å²) in [6, 6.07) is 13.6. The van der Waals surface area contributed by atoms with Crippen molar-refractivity contribution in [1.29, 1.82) is 0 Å². The van der Waals surface area contributed by atoms with Gasteiger partial charge in [-0.15, -0.1) is 0 Å². The molecular formula is C18H22N2O4S. The Kier molecular flexibility index (Phi) is 6.17. The van der Waals surface area contributed by atoms with Gasteiger partial charge in [-0.25, -0.2) is 12.7 Å². The molecule has 0 saturated heterocycles. The summed E-state index contributed by atoms with van der Waals surface area (Å²) < 4.78 is 30.8. The van der Waals surface area contributed by atoms with Crippen molar-refractivity contribution in [3.63, 3.8) is 0 Å². The Bertz CT molecular complexity index is 830. The lowest BCUT2D eigenvalue weighted by Gasteiger charge is -2.13. The van der Waals surface area contributed by atoms with E-state index in [2.05, 4.69) is 12.2 Å². The van der Waals surface area contributed by atoms with Crippen LogP contribution in [0.3, 0.4) is 0 Å². The highest BCUT2D eigenvalue weighted by atomic mass is 32.2. The third-order valence-corrected chi connectivity index (χ3v) is 5.41. The molecule has 0 aromatic heterocycles. The lowest BCUT2D eigenvalue weighted by molar-refractivity contribution is -0.118. The standard InChI is InChI=1S/C18H22N2O4S/c1-4-14-8-10-16(11-9-14)24-13-18(21)19-15-6-5-7-17(12-15)25(22,23)20(2)3/h5-12H,4,13H2,1-3H3,(H,19,21). The summed E-state index contributed by atoms with van der Waals surface area (Å²) in [6.45, 7) is 1.91. The minimum Gasteiger partial charge on any atom is -0.484 e. The second-order valence-corrected chi connectivity index (χ2v) is 7.80. The topological polar surface area (TPSA) is 75.7 Å². The summed E-state index contributed by atoms with van der Waals surface area (Å²) in [6.07, 6.45) is 0.937. The first-order valence-electron chi connectivity index (χ1n) is 7.87. The van der Waals surface area contributed by atoms with E-state index in [9.17, 15) is 13.2 Å². The number of ether oxygens (including phenoxy) is 1. The molecule has 0 heterocycles. The number of nitrogens with zero attached hydrogens (tertiary/aromatic N) is 1. The van der Waals surface area contributed by atoms with Gasteiger partial charge in [-0.3, -0.25) is 4.79 Å². The van der Waals surface area contributed by atoms with E-state index in [-0.39, 0.29) is 17.4 Å². The van der Waals surface area contributed by atoms with Crippen LogP contribution in [0.25, 0.3) is 0 Å². The Labute approximate surface area is 148 Å². The molecule has 0 aliphatic heterocycles. The zero-order chi connectivity index (χ0) is 18.4. The Morgan fingerprint density at radius 1 is 1.12 bits per heavy atom. The van der Waals surface area contributed by atoms with Crippen molar-refractivity contribution in [2.24, 2.45) is 0 Å². The van der Waals surface area contributed by atoms with Crippen molar-refractivity contribution in [3.8, 4) is 5.75 Å². The van der Waals surface area contributed by atoms with E-state index in [0.29, 0.717) is 11.4 Å². The molecule has 2 aromatic carbocycles. The quantitative estimate of drug-likeness (QED) is 0.821. The summed E-state index contributed by atoms with van der Waals surface area (Å²) in [5.41, 5.74) is 1.59. The molecule has 0 unspecified atom stereocenters. The third-order valence-electron chi connectivity index (χ3n) is 3.60. The van der Waals surface area contributed by atoms with E-state index < -0.39 is 10.0 Å². The van der Waals surface area contributed by atoms with E-state index in [1.807, 2.05) is 24.3 Å². The summed E-state index contributed by atoms with van der Waals surface area (Å²) >= 11 is 0. The molecule has 0 fully saturated rings. The van der Waals surface area contributed by atoms with Crippen molar-refractivity contribution in [1.82, 2.24) is 4.31 Å². The predicted octanol–water partition coefficient (Wildman–Crippen LogP) is 2.52. The number of anilines is 1. The fourth-order valence-corrected chi connectivity index (χ4v) is 3.06. The normalized spacial score (nSPS) is 11.4. The number of carbonyl (C=O) groups excluding carboxylic acids is 1. The number of carbonyl (C=O) groups is 1. The maximum atomic E-state index is 12.1. The van der Waals surface area contributed by atoms with E-state index in [1.54, 1.807) is 12.1 Å². The van der Waals surface area contributed by atoms with Crippen molar-refractivity contribution in [3.05, 3.63) is 54.1 Å². The molecule has 6 nitrogen and oxygen atoms in total. The van der Waals surface area contributed by atoms with Crippen molar-refractivity contribution < 1.29 is 17.9 Å². The molecule has 0 aliphatic rings. The number of benzene rings is 2.